The van der Waals surface area contributed by atoms with Gasteiger partial charge in [0.25, 0.3) is 0 Å². The van der Waals surface area contributed by atoms with E-state index in [1.54, 1.807) is 0 Å². The van der Waals surface area contributed by atoms with Crippen LogP contribution in [0.25, 0.3) is 66.4 Å². The summed E-state index contributed by atoms with van der Waals surface area (Å²) in [7, 11) is 0. The zero-order valence-electron chi connectivity index (χ0n) is 36.9. The Labute approximate surface area is 385 Å². The van der Waals surface area contributed by atoms with E-state index >= 15 is 0 Å². The first-order chi connectivity index (χ1) is 32.5. The minimum absolute atomic E-state index is 0.123. The fourth-order valence-electron chi connectivity index (χ4n) is 11.5. The molecule has 0 aliphatic heterocycles. The Hall–Kier alpha value is -8.20. The average Bonchev–Trinajstić information content (AvgIpc) is 3.98. The lowest BCUT2D eigenvalue weighted by molar-refractivity contribution is 0.660. The van der Waals surface area contributed by atoms with E-state index in [-0.39, 0.29) is 5.41 Å². The highest BCUT2D eigenvalue weighted by atomic mass is 16.3. The quantitative estimate of drug-likeness (QED) is 0.159. The van der Waals surface area contributed by atoms with Crippen LogP contribution in [0, 0.1) is 0 Å². The van der Waals surface area contributed by atoms with E-state index < -0.39 is 5.41 Å². The molecule has 13 rings (SSSR count). The molecule has 0 spiro atoms. The summed E-state index contributed by atoms with van der Waals surface area (Å²) < 4.78 is 6.17. The number of anilines is 3. The van der Waals surface area contributed by atoms with Gasteiger partial charge in [-0.15, -0.1) is 0 Å². The van der Waals surface area contributed by atoms with Crippen LogP contribution >= 0.6 is 0 Å². The molecule has 2 aliphatic rings. The predicted molar refractivity (Wildman–Crippen MR) is 274 cm³/mol. The van der Waals surface area contributed by atoms with Gasteiger partial charge in [-0.05, 0) is 127 Å². The monoisotopic (exact) mass is 843 g/mol. The van der Waals surface area contributed by atoms with Crippen LogP contribution in [0.15, 0.2) is 241 Å². The maximum atomic E-state index is 6.17. The molecule has 0 N–H and O–H groups in total. The smallest absolute Gasteiger partial charge is 0.135 e. The maximum Gasteiger partial charge on any atom is 0.135 e. The molecule has 2 nitrogen and oxygen atoms in total. The summed E-state index contributed by atoms with van der Waals surface area (Å²) in [5, 5.41) is 2.27. The minimum atomic E-state index is -0.420. The van der Waals surface area contributed by atoms with E-state index in [1.807, 2.05) is 12.1 Å². The number of para-hydroxylation sites is 1. The third-order valence-electron chi connectivity index (χ3n) is 14.6. The summed E-state index contributed by atoms with van der Waals surface area (Å²) in [6.45, 7) is 4.71. The first-order valence-electron chi connectivity index (χ1n) is 23.0. The number of furan rings is 1. The second-order valence-electron chi connectivity index (χ2n) is 18.4. The van der Waals surface area contributed by atoms with Crippen molar-refractivity contribution in [3.63, 3.8) is 0 Å². The van der Waals surface area contributed by atoms with Gasteiger partial charge in [0, 0.05) is 33.1 Å². The van der Waals surface area contributed by atoms with Gasteiger partial charge < -0.3 is 9.32 Å². The molecule has 0 fully saturated rings. The molecule has 0 saturated carbocycles. The summed E-state index contributed by atoms with van der Waals surface area (Å²) >= 11 is 0. The number of hydrogen-bond acceptors (Lipinski definition) is 2. The van der Waals surface area contributed by atoms with Crippen LogP contribution in [-0.4, -0.2) is 0 Å². The van der Waals surface area contributed by atoms with E-state index in [2.05, 4.69) is 243 Å². The van der Waals surface area contributed by atoms with Crippen LogP contribution < -0.4 is 4.90 Å². The lowest BCUT2D eigenvalue weighted by Crippen LogP contribution is -2.28. The van der Waals surface area contributed by atoms with Gasteiger partial charge in [0.05, 0.1) is 11.1 Å². The van der Waals surface area contributed by atoms with Crippen LogP contribution in [0.5, 0.6) is 0 Å². The zero-order valence-corrected chi connectivity index (χ0v) is 36.9. The Morgan fingerprint density at radius 3 is 1.56 bits per heavy atom. The highest BCUT2D eigenvalue weighted by Gasteiger charge is 2.46. The van der Waals surface area contributed by atoms with Crippen molar-refractivity contribution in [2.24, 2.45) is 0 Å². The fourth-order valence-corrected chi connectivity index (χ4v) is 11.5. The average molecular weight is 844 g/mol. The van der Waals surface area contributed by atoms with Gasteiger partial charge in [-0.2, -0.15) is 0 Å². The van der Waals surface area contributed by atoms with Gasteiger partial charge in [0.1, 0.15) is 11.2 Å². The molecule has 0 radical (unpaired) electrons. The van der Waals surface area contributed by atoms with Gasteiger partial charge in [0.2, 0.25) is 0 Å². The molecule has 312 valence electrons. The number of hydrogen-bond donors (Lipinski definition) is 0. The molecule has 11 aromatic rings. The Balaban J connectivity index is 0.931. The molecule has 2 aliphatic carbocycles. The Bertz CT molecular complexity index is 3620. The van der Waals surface area contributed by atoms with E-state index in [4.69, 9.17) is 4.42 Å². The number of benzene rings is 10. The molecule has 0 unspecified atom stereocenters. The molecule has 0 saturated heterocycles. The Morgan fingerprint density at radius 1 is 0.348 bits per heavy atom. The Kier molecular flexibility index (Phi) is 8.51. The fraction of sp³-hybridized carbons (Fsp3) is 0.0625. The zero-order chi connectivity index (χ0) is 44.0. The predicted octanol–water partition coefficient (Wildman–Crippen LogP) is 17.1. The topological polar surface area (TPSA) is 16.4 Å². The van der Waals surface area contributed by atoms with Gasteiger partial charge in [-0.1, -0.05) is 196 Å². The third-order valence-corrected chi connectivity index (χ3v) is 14.6. The molecule has 10 aromatic carbocycles. The molecule has 1 aromatic heterocycles. The summed E-state index contributed by atoms with van der Waals surface area (Å²) in [5.41, 5.74) is 22.4. The van der Waals surface area contributed by atoms with Crippen molar-refractivity contribution in [1.29, 1.82) is 0 Å². The molecule has 2 heteroatoms. The van der Waals surface area contributed by atoms with E-state index in [0.717, 1.165) is 44.4 Å². The van der Waals surface area contributed by atoms with Crippen LogP contribution in [0.4, 0.5) is 17.1 Å². The maximum absolute atomic E-state index is 6.17. The van der Waals surface area contributed by atoms with Crippen molar-refractivity contribution in [2.45, 2.75) is 24.7 Å². The number of fused-ring (bicyclic) bond motifs is 9. The normalized spacial score (nSPS) is 13.8. The van der Waals surface area contributed by atoms with Crippen LogP contribution in [0.3, 0.4) is 0 Å². The standard InChI is InChI=1S/C64H45NO/c1-63(2)55-23-12-10-22-52(55)62-58(63)25-15-26-59(62)65(49-36-30-43(31-37-49)45-33-39-61-54(41-45)51-21-11-14-27-60(51)66-61)48-34-28-42(29-35-48)44-32-38-57-53(40-44)50-20-9-13-24-56(50)64(57,46-16-5-3-6-17-46)47-18-7-4-8-19-47/h3-41H,1-2H3. The lowest BCUT2D eigenvalue weighted by Gasteiger charge is -2.33. The number of nitrogens with zero attached hydrogens (tertiary/aromatic N) is 1. The summed E-state index contributed by atoms with van der Waals surface area (Å²) in [4.78, 5) is 2.45. The van der Waals surface area contributed by atoms with Crippen molar-refractivity contribution in [3.05, 3.63) is 270 Å². The van der Waals surface area contributed by atoms with Crippen LogP contribution in [0.2, 0.25) is 0 Å². The van der Waals surface area contributed by atoms with Gasteiger partial charge >= 0.3 is 0 Å². The van der Waals surface area contributed by atoms with Crippen LogP contribution in [0.1, 0.15) is 47.2 Å². The van der Waals surface area contributed by atoms with Gasteiger partial charge in [-0.3, -0.25) is 0 Å². The molecule has 0 bridgehead atoms. The van der Waals surface area contributed by atoms with E-state index in [9.17, 15) is 0 Å². The van der Waals surface area contributed by atoms with Crippen molar-refractivity contribution in [1.82, 2.24) is 0 Å². The highest BCUT2D eigenvalue weighted by molar-refractivity contribution is 6.06. The summed E-state index contributed by atoms with van der Waals surface area (Å²) in [5.74, 6) is 0. The molecular weight excluding hydrogens is 799 g/mol. The minimum Gasteiger partial charge on any atom is -0.456 e. The van der Waals surface area contributed by atoms with E-state index in [0.29, 0.717) is 0 Å². The first kappa shape index (κ1) is 38.3. The largest absolute Gasteiger partial charge is 0.456 e. The number of rotatable bonds is 7. The second kappa shape index (κ2) is 14.7. The van der Waals surface area contributed by atoms with Gasteiger partial charge in [-0.25, -0.2) is 0 Å². The first-order valence-corrected chi connectivity index (χ1v) is 23.0. The third kappa shape index (κ3) is 5.61. The molecule has 0 atom stereocenters. The van der Waals surface area contributed by atoms with Crippen molar-refractivity contribution >= 4 is 39.0 Å². The van der Waals surface area contributed by atoms with Crippen molar-refractivity contribution < 1.29 is 4.42 Å². The SMILES string of the molecule is CC1(C)c2ccccc2-c2c(N(c3ccc(-c4ccc5c(c4)-c4ccccc4C5(c4ccccc4)c4ccccc4)cc3)c3ccc(-c4ccc5oc6ccccc6c5c4)cc3)cccc21. The summed E-state index contributed by atoms with van der Waals surface area (Å²) in [6, 6.07) is 87.0. The highest BCUT2D eigenvalue weighted by Crippen LogP contribution is 2.57. The van der Waals surface area contributed by atoms with Crippen LogP contribution in [-0.2, 0) is 10.8 Å². The Morgan fingerprint density at radius 2 is 0.864 bits per heavy atom. The van der Waals surface area contributed by atoms with Gasteiger partial charge in [0.15, 0.2) is 0 Å². The van der Waals surface area contributed by atoms with Crippen molar-refractivity contribution in [2.75, 3.05) is 4.90 Å². The van der Waals surface area contributed by atoms with E-state index in [1.165, 1.54) is 72.4 Å². The molecule has 1 heterocycles. The second-order valence-corrected chi connectivity index (χ2v) is 18.4. The molecular formula is C64H45NO. The molecule has 0 amide bonds. The molecule has 66 heavy (non-hydrogen) atoms. The summed E-state index contributed by atoms with van der Waals surface area (Å²) in [6.07, 6.45) is 0. The lowest BCUT2D eigenvalue weighted by atomic mass is 9.67. The van der Waals surface area contributed by atoms with Crippen molar-refractivity contribution in [3.8, 4) is 44.5 Å².